The molecule has 0 aromatic heterocycles. The number of ether oxygens (including phenoxy) is 2. The summed E-state index contributed by atoms with van der Waals surface area (Å²) in [7, 11) is 0. The van der Waals surface area contributed by atoms with E-state index < -0.39 is 35.0 Å². The van der Waals surface area contributed by atoms with Crippen LogP contribution in [0.4, 0.5) is 0 Å². The largest absolute Gasteiger partial charge is 0.448 e. The Morgan fingerprint density at radius 3 is 2.50 bits per heavy atom. The number of esters is 1. The summed E-state index contributed by atoms with van der Waals surface area (Å²) in [5.74, 6) is -1.03. The van der Waals surface area contributed by atoms with E-state index in [0.717, 1.165) is 0 Å². The number of hydrogen-bond acceptors (Lipinski definition) is 6. The summed E-state index contributed by atoms with van der Waals surface area (Å²) in [6, 6.07) is 0. The second-order valence-corrected chi connectivity index (χ2v) is 8.87. The predicted molar refractivity (Wildman–Crippen MR) is 94.4 cm³/mol. The Morgan fingerprint density at radius 2 is 1.81 bits per heavy atom. The van der Waals surface area contributed by atoms with Gasteiger partial charge in [-0.15, -0.1) is 0 Å². The van der Waals surface area contributed by atoms with Crippen molar-refractivity contribution in [3.63, 3.8) is 0 Å². The Balaban J connectivity index is 1.97. The van der Waals surface area contributed by atoms with Crippen LogP contribution in [0.3, 0.4) is 0 Å². The maximum absolute atomic E-state index is 12.8. The molecule has 3 saturated heterocycles. The maximum Gasteiger partial charge on any atom is 0.334 e. The van der Waals surface area contributed by atoms with Gasteiger partial charge < -0.3 is 19.7 Å². The number of aliphatic hydroxyl groups excluding tert-OH is 1. The number of rotatable bonds is 0. The van der Waals surface area contributed by atoms with Gasteiger partial charge in [0.25, 0.3) is 0 Å². The van der Waals surface area contributed by atoms with Gasteiger partial charge in [-0.2, -0.15) is 0 Å². The van der Waals surface area contributed by atoms with E-state index in [9.17, 15) is 19.8 Å². The van der Waals surface area contributed by atoms with Gasteiger partial charge in [0.2, 0.25) is 0 Å². The highest BCUT2D eigenvalue weighted by atomic mass is 16.6. The molecule has 4 bridgehead atoms. The van der Waals surface area contributed by atoms with Gasteiger partial charge >= 0.3 is 5.97 Å². The van der Waals surface area contributed by atoms with E-state index in [0.29, 0.717) is 37.7 Å². The maximum atomic E-state index is 12.8. The third kappa shape index (κ3) is 3.35. The second-order valence-electron chi connectivity index (χ2n) is 8.87. The molecule has 0 radical (unpaired) electrons. The van der Waals surface area contributed by atoms with Gasteiger partial charge in [0, 0.05) is 12.0 Å². The van der Waals surface area contributed by atoms with E-state index in [2.05, 4.69) is 6.58 Å². The molecule has 0 amide bonds. The molecule has 2 N–H and O–H groups in total. The number of hydrogen-bond donors (Lipinski definition) is 2. The fourth-order valence-electron chi connectivity index (χ4n) is 4.42. The molecular formula is C20H30O6. The minimum atomic E-state index is -1.21. The summed E-state index contributed by atoms with van der Waals surface area (Å²) in [6.07, 6.45) is 1.58. The number of ketones is 1. The third-order valence-electron chi connectivity index (χ3n) is 6.71. The number of carbonyl (C=O) groups excluding carboxylic acids is 2. The third-order valence-corrected chi connectivity index (χ3v) is 6.71. The molecule has 3 rings (SSSR count). The molecule has 0 aromatic rings. The van der Waals surface area contributed by atoms with Crippen molar-refractivity contribution in [3.8, 4) is 0 Å². The molecule has 26 heavy (non-hydrogen) atoms. The minimum Gasteiger partial charge on any atom is -0.448 e. The highest BCUT2D eigenvalue weighted by molar-refractivity contribution is 5.94. The first-order valence-electron chi connectivity index (χ1n) is 9.50. The Bertz CT molecular complexity index is 626. The van der Waals surface area contributed by atoms with Crippen molar-refractivity contribution in [2.75, 3.05) is 0 Å². The van der Waals surface area contributed by atoms with Crippen LogP contribution in [0.5, 0.6) is 0 Å². The predicted octanol–water partition coefficient (Wildman–Crippen LogP) is 2.06. The molecule has 6 heteroatoms. The van der Waals surface area contributed by atoms with Gasteiger partial charge in [-0.1, -0.05) is 6.58 Å². The summed E-state index contributed by atoms with van der Waals surface area (Å²) < 4.78 is 11.6. The second kappa shape index (κ2) is 6.43. The van der Waals surface area contributed by atoms with E-state index in [1.54, 1.807) is 13.8 Å². The van der Waals surface area contributed by atoms with Crippen molar-refractivity contribution in [2.24, 2.45) is 5.92 Å². The van der Waals surface area contributed by atoms with Crippen LogP contribution in [0, 0.1) is 5.92 Å². The molecule has 0 spiro atoms. The molecule has 0 aliphatic carbocycles. The van der Waals surface area contributed by atoms with Crippen LogP contribution in [0.25, 0.3) is 0 Å². The molecule has 0 aromatic carbocycles. The number of Topliss-reactive ketones (excluding diaryl/α,β-unsaturated/α-hetero) is 1. The fourth-order valence-corrected chi connectivity index (χ4v) is 4.42. The highest BCUT2D eigenvalue weighted by Gasteiger charge is 2.50. The van der Waals surface area contributed by atoms with Gasteiger partial charge in [-0.25, -0.2) is 4.79 Å². The van der Waals surface area contributed by atoms with Crippen LogP contribution in [0.1, 0.15) is 65.7 Å². The molecule has 3 fully saturated rings. The van der Waals surface area contributed by atoms with Crippen molar-refractivity contribution in [1.82, 2.24) is 0 Å². The molecule has 6 atom stereocenters. The Kier molecular flexibility index (Phi) is 4.83. The standard InChI is InChI=1S/C20H30O6/c1-12-13-5-9-19(3,26-17(12)23)14(21)6-8-18(2,24)16-7-10-20(4,25-16)15(22)11-13/h13,15-16,22,24H,1,5-11H2,2-4H3/t13-,15+,16+,18-,19-,20-/m0/s1. The molecule has 6 nitrogen and oxygen atoms in total. The number of fused-ring (bicyclic) bond motifs is 5. The molecule has 146 valence electrons. The molecule has 3 aliphatic heterocycles. The van der Waals surface area contributed by atoms with Crippen LogP contribution < -0.4 is 0 Å². The quantitative estimate of drug-likeness (QED) is 0.503. The minimum absolute atomic E-state index is 0.104. The molecule has 0 saturated carbocycles. The summed E-state index contributed by atoms with van der Waals surface area (Å²) in [5, 5.41) is 21.7. The van der Waals surface area contributed by atoms with E-state index in [1.807, 2.05) is 6.92 Å². The van der Waals surface area contributed by atoms with Crippen LogP contribution in [-0.2, 0) is 19.1 Å². The van der Waals surface area contributed by atoms with Crippen molar-refractivity contribution in [1.29, 1.82) is 0 Å². The molecule has 0 unspecified atom stereocenters. The summed E-state index contributed by atoms with van der Waals surface area (Å²) in [4.78, 5) is 25.2. The molecule has 3 aliphatic rings. The zero-order valence-corrected chi connectivity index (χ0v) is 15.9. The lowest BCUT2D eigenvalue weighted by Crippen LogP contribution is -2.46. The average Bonchev–Trinajstić information content (AvgIpc) is 2.95. The normalized spacial score (nSPS) is 47.6. The SMILES string of the molecule is C=C1C(=O)O[C@@]2(C)CC[C@H]1C[C@@H](O)[C@]1(C)CC[C@@H](O1)[C@@](C)(O)CCC2=O. The topological polar surface area (TPSA) is 93.1 Å². The van der Waals surface area contributed by atoms with Crippen LogP contribution in [0.2, 0.25) is 0 Å². The van der Waals surface area contributed by atoms with Crippen molar-refractivity contribution < 1.29 is 29.3 Å². The number of aliphatic hydroxyl groups is 2. The first-order valence-corrected chi connectivity index (χ1v) is 9.50. The molecular weight excluding hydrogens is 336 g/mol. The fraction of sp³-hybridized carbons (Fsp3) is 0.800. The summed E-state index contributed by atoms with van der Waals surface area (Å²) in [6.45, 7) is 9.02. The van der Waals surface area contributed by atoms with Gasteiger partial charge in [-0.3, -0.25) is 4.79 Å². The van der Waals surface area contributed by atoms with Gasteiger partial charge in [-0.05, 0) is 65.2 Å². The zero-order chi connectivity index (χ0) is 19.3. The summed E-state index contributed by atoms with van der Waals surface area (Å²) in [5.41, 5.74) is -2.87. The van der Waals surface area contributed by atoms with Crippen LogP contribution >= 0.6 is 0 Å². The van der Waals surface area contributed by atoms with Crippen molar-refractivity contribution in [2.45, 2.75) is 94.7 Å². The smallest absolute Gasteiger partial charge is 0.334 e. The monoisotopic (exact) mass is 366 g/mol. The Morgan fingerprint density at radius 1 is 1.12 bits per heavy atom. The van der Waals surface area contributed by atoms with Crippen LogP contribution in [-0.4, -0.2) is 51.0 Å². The van der Waals surface area contributed by atoms with Gasteiger partial charge in [0.05, 0.1) is 23.4 Å². The first-order chi connectivity index (χ1) is 12.0. The summed E-state index contributed by atoms with van der Waals surface area (Å²) >= 11 is 0. The average molecular weight is 366 g/mol. The highest BCUT2D eigenvalue weighted by Crippen LogP contribution is 2.43. The molecule has 3 heterocycles. The number of carbonyl (C=O) groups is 2. The van der Waals surface area contributed by atoms with Crippen molar-refractivity contribution in [3.05, 3.63) is 12.2 Å². The van der Waals surface area contributed by atoms with Crippen LogP contribution in [0.15, 0.2) is 12.2 Å². The van der Waals surface area contributed by atoms with Gasteiger partial charge in [0.1, 0.15) is 0 Å². The lowest BCUT2D eigenvalue weighted by molar-refractivity contribution is -0.169. The Hall–Kier alpha value is -1.24. The van der Waals surface area contributed by atoms with Crippen molar-refractivity contribution >= 4 is 11.8 Å². The lowest BCUT2D eigenvalue weighted by Gasteiger charge is -2.36. The zero-order valence-electron chi connectivity index (χ0n) is 15.9. The first kappa shape index (κ1) is 19.5. The lowest BCUT2D eigenvalue weighted by atomic mass is 9.80. The Labute approximate surface area is 154 Å². The van der Waals surface area contributed by atoms with Gasteiger partial charge in [0.15, 0.2) is 11.4 Å². The van der Waals surface area contributed by atoms with E-state index >= 15 is 0 Å². The van der Waals surface area contributed by atoms with E-state index in [1.165, 1.54) is 0 Å². The van der Waals surface area contributed by atoms with E-state index in [-0.39, 0.29) is 24.5 Å². The van der Waals surface area contributed by atoms with E-state index in [4.69, 9.17) is 9.47 Å².